The lowest BCUT2D eigenvalue weighted by atomic mass is 9.63. The molecule has 484 valence electrons. The molecule has 18 heteroatoms. The summed E-state index contributed by atoms with van der Waals surface area (Å²) in [7, 11) is -4.31. The minimum Gasteiger partial charge on any atom is -0.490 e. The molecule has 8 aliphatic rings. The second kappa shape index (κ2) is 26.4. The lowest BCUT2D eigenvalue weighted by Crippen LogP contribution is -2.53. The maximum atomic E-state index is 13.5. The van der Waals surface area contributed by atoms with E-state index < -0.39 is 53.6 Å². The third-order valence-electron chi connectivity index (χ3n) is 22.2. The maximum absolute atomic E-state index is 13.5. The van der Waals surface area contributed by atoms with Crippen molar-refractivity contribution in [2.45, 2.75) is 150 Å². The Kier molecular flexibility index (Phi) is 19.3. The van der Waals surface area contributed by atoms with Gasteiger partial charge in [0.2, 0.25) is 20.0 Å². The van der Waals surface area contributed by atoms with Crippen LogP contribution in [0.3, 0.4) is 0 Å². The van der Waals surface area contributed by atoms with Crippen LogP contribution in [0.5, 0.6) is 11.5 Å². The lowest BCUT2D eigenvalue weighted by Gasteiger charge is -2.50. The monoisotopic (exact) mass is 1300 g/mol. The highest BCUT2D eigenvalue weighted by molar-refractivity contribution is 7.91. The van der Waals surface area contributed by atoms with E-state index in [0.717, 1.165) is 98.7 Å². The maximum Gasteiger partial charge on any atom is 0.264 e. The Hall–Kier alpha value is -5.62. The molecule has 12 atom stereocenters. The molecule has 2 amide bonds. The van der Waals surface area contributed by atoms with Crippen LogP contribution in [0.1, 0.15) is 148 Å². The molecular formula is C72H90Cl2N4O10S2. The summed E-state index contributed by atoms with van der Waals surface area (Å²) in [5, 5.41) is -0.0581. The normalized spacial score (nSPS) is 33.4. The molecule has 4 aliphatic carbocycles. The number of fused-ring (bicyclic) bond motifs is 8. The first-order valence-electron chi connectivity index (χ1n) is 32.4. The summed E-state index contributed by atoms with van der Waals surface area (Å²) in [5.41, 5.74) is 5.74. The summed E-state index contributed by atoms with van der Waals surface area (Å²) >= 11 is 12.9. The van der Waals surface area contributed by atoms with Gasteiger partial charge < -0.3 is 28.7 Å². The average Bonchev–Trinajstić information content (AvgIpc) is 1.41. The third kappa shape index (κ3) is 12.8. The van der Waals surface area contributed by atoms with Crippen LogP contribution in [-0.4, -0.2) is 104 Å². The molecule has 0 aromatic heterocycles. The summed E-state index contributed by atoms with van der Waals surface area (Å²) < 4.78 is 84.0. The van der Waals surface area contributed by atoms with E-state index in [1.54, 1.807) is 40.2 Å². The molecule has 4 heterocycles. The number of ether oxygens (including phenoxy) is 4. The van der Waals surface area contributed by atoms with Gasteiger partial charge in [-0.3, -0.25) is 9.59 Å². The van der Waals surface area contributed by atoms with E-state index in [1.165, 1.54) is 22.3 Å². The van der Waals surface area contributed by atoms with Gasteiger partial charge >= 0.3 is 0 Å². The molecule has 4 aliphatic heterocycles. The number of hydrogen-bond acceptors (Lipinski definition) is 12. The minimum absolute atomic E-state index is 0.213. The Morgan fingerprint density at radius 2 is 1.01 bits per heavy atom. The number of anilines is 2. The van der Waals surface area contributed by atoms with Crippen molar-refractivity contribution >= 4 is 66.4 Å². The molecular weight excluding hydrogens is 1220 g/mol. The van der Waals surface area contributed by atoms with Crippen molar-refractivity contribution in [2.24, 2.45) is 35.5 Å². The van der Waals surface area contributed by atoms with Crippen LogP contribution < -0.4 is 28.7 Å². The van der Waals surface area contributed by atoms with Crippen molar-refractivity contribution in [2.75, 3.05) is 63.4 Å². The van der Waals surface area contributed by atoms with Crippen LogP contribution in [-0.2, 0) is 53.2 Å². The Balaban J connectivity index is 0.000000185. The van der Waals surface area contributed by atoms with E-state index in [-0.39, 0.29) is 34.5 Å². The number of aryl methyl sites for hydroxylation is 2. The van der Waals surface area contributed by atoms with Gasteiger partial charge in [0.05, 0.1) is 46.3 Å². The fraction of sp³-hybridized carbons (Fsp3) is 0.528. The highest BCUT2D eigenvalue weighted by atomic mass is 35.5. The fourth-order valence-electron chi connectivity index (χ4n) is 16.2. The molecule has 2 N–H and O–H groups in total. The van der Waals surface area contributed by atoms with Crippen molar-refractivity contribution in [3.05, 3.63) is 166 Å². The van der Waals surface area contributed by atoms with Crippen LogP contribution in [0.4, 0.5) is 11.4 Å². The second-order valence-corrected chi connectivity index (χ2v) is 32.3. The summed E-state index contributed by atoms with van der Waals surface area (Å²) in [6.07, 6.45) is 24.9. The number of carbonyl (C=O) groups is 2. The zero-order chi connectivity index (χ0) is 64.0. The molecule has 2 saturated carbocycles. The number of sulfonamides is 2. The Morgan fingerprint density at radius 1 is 0.600 bits per heavy atom. The van der Waals surface area contributed by atoms with Crippen LogP contribution in [0.15, 0.2) is 122 Å². The SMILES string of the molecule is C=CC[C@@]1(OC)/C=C/C[C@H](C)[C@@H](C)S(=O)(=O)NC(=O)c2ccc3c(c2)N(C[C@@H]2CC[C@H]21)C[C@@]1(CCCc2cc(Cl)ccc21)CO3.C=CC[C@]1(OC)/C=C/C[C@H](C)[C@@H](C)S(=O)(=O)NC(=O)c2ccc3c(c2)N(C[C@@H]2CC[C@H]21)C[C@@]1(CCCc2cc(Cl)ccc21)CO3. The predicted octanol–water partition coefficient (Wildman–Crippen LogP) is 13.7. The summed E-state index contributed by atoms with van der Waals surface area (Å²) in [4.78, 5) is 31.7. The van der Waals surface area contributed by atoms with Crippen LogP contribution in [0, 0.1) is 35.5 Å². The summed E-state index contributed by atoms with van der Waals surface area (Å²) in [5.74, 6) is 0.934. The number of methoxy groups -OCH3 is 2. The smallest absolute Gasteiger partial charge is 0.264 e. The van der Waals surface area contributed by atoms with Gasteiger partial charge in [-0.1, -0.05) is 85.6 Å². The lowest BCUT2D eigenvalue weighted by molar-refractivity contribution is -0.0729. The van der Waals surface area contributed by atoms with E-state index in [1.807, 2.05) is 62.4 Å². The van der Waals surface area contributed by atoms with Gasteiger partial charge in [-0.2, -0.15) is 0 Å². The predicted molar refractivity (Wildman–Crippen MR) is 360 cm³/mol. The van der Waals surface area contributed by atoms with E-state index in [2.05, 4.69) is 81.0 Å². The zero-order valence-corrected chi connectivity index (χ0v) is 56.3. The van der Waals surface area contributed by atoms with E-state index in [0.29, 0.717) is 86.4 Å². The highest BCUT2D eigenvalue weighted by Crippen LogP contribution is 2.53. The number of nitrogens with one attached hydrogen (secondary N) is 2. The number of rotatable bonds is 6. The number of allylic oxidation sites excluding steroid dienone is 2. The van der Waals surface area contributed by atoms with E-state index >= 15 is 0 Å². The third-order valence-corrected chi connectivity index (χ3v) is 26.4. The quantitative estimate of drug-likeness (QED) is 0.175. The topological polar surface area (TPSA) is 170 Å². The van der Waals surface area contributed by atoms with E-state index in [9.17, 15) is 26.4 Å². The number of halogens is 2. The number of amides is 2. The van der Waals surface area contributed by atoms with Crippen LogP contribution >= 0.6 is 23.2 Å². The zero-order valence-electron chi connectivity index (χ0n) is 53.1. The van der Waals surface area contributed by atoms with Crippen molar-refractivity contribution in [1.82, 2.24) is 9.44 Å². The van der Waals surface area contributed by atoms with Crippen molar-refractivity contribution in [3.63, 3.8) is 0 Å². The molecule has 12 rings (SSSR count). The van der Waals surface area contributed by atoms with Gasteiger partial charge in [-0.05, 0) is 222 Å². The van der Waals surface area contributed by atoms with Crippen molar-refractivity contribution < 1.29 is 45.4 Å². The van der Waals surface area contributed by atoms with Gasteiger partial charge in [0, 0.05) is 72.4 Å². The average molecular weight is 1310 g/mol. The summed E-state index contributed by atoms with van der Waals surface area (Å²) in [6.45, 7) is 19.2. The Morgan fingerprint density at radius 3 is 1.38 bits per heavy atom. The van der Waals surface area contributed by atoms with Gasteiger partial charge in [0.25, 0.3) is 11.8 Å². The number of nitrogens with zero attached hydrogens (tertiary/aromatic N) is 2. The van der Waals surface area contributed by atoms with E-state index in [4.69, 9.17) is 42.1 Å². The first-order valence-corrected chi connectivity index (χ1v) is 36.3. The molecule has 4 bridgehead atoms. The number of carbonyl (C=O) groups excluding carboxylic acids is 2. The molecule has 14 nitrogen and oxygen atoms in total. The van der Waals surface area contributed by atoms with Gasteiger partial charge in [0.1, 0.15) is 11.5 Å². The molecule has 90 heavy (non-hydrogen) atoms. The van der Waals surface area contributed by atoms with Gasteiger partial charge in [0.15, 0.2) is 0 Å². The molecule has 2 spiro atoms. The Labute approximate surface area is 544 Å². The second-order valence-electron chi connectivity index (χ2n) is 27.4. The van der Waals surface area contributed by atoms with Gasteiger partial charge in [-0.25, -0.2) is 26.3 Å². The molecule has 4 aromatic rings. The standard InChI is InChI=1S/2C36H45ClN2O5S/c2*1-5-16-36(43-4)18-6-8-24(2)25(3)45(41,42)38-34(40)27-11-15-33-32(20-27)39(21-28-10-13-31(28)36)22-35(23-44-33)17-7-9-26-19-29(37)12-14-30(26)35/h2*5-6,11-12,14-15,18-20,24-25,28,31H,1,7-10,13,16-17,21-23H2,2-4H3,(H,38,40)/b2*18-6+/t24-,25+,28-,31+,35-,36+;24-,25+,28-,31+,35-,36-/m00/s1. The van der Waals surface area contributed by atoms with Crippen LogP contribution in [0.2, 0.25) is 10.0 Å². The molecule has 0 unspecified atom stereocenters. The molecule has 0 saturated heterocycles. The largest absolute Gasteiger partial charge is 0.490 e. The molecule has 2 fully saturated rings. The number of hydrogen-bond donors (Lipinski definition) is 2. The van der Waals surface area contributed by atoms with Gasteiger partial charge in [-0.15, -0.1) is 13.2 Å². The molecule has 0 radical (unpaired) electrons. The first-order chi connectivity index (χ1) is 43.0. The van der Waals surface area contributed by atoms with Crippen molar-refractivity contribution in [3.8, 4) is 11.5 Å². The summed E-state index contributed by atoms with van der Waals surface area (Å²) in [6, 6.07) is 23.0. The first kappa shape index (κ1) is 65.9. The van der Waals surface area contributed by atoms with Crippen molar-refractivity contribution in [1.29, 1.82) is 0 Å². The highest BCUT2D eigenvalue weighted by Gasteiger charge is 2.51. The minimum atomic E-state index is -3.93. The van der Waals surface area contributed by atoms with Crippen LogP contribution in [0.25, 0.3) is 0 Å². The Bertz CT molecular complexity index is 3450. The molecule has 4 aromatic carbocycles. The fourth-order valence-corrected chi connectivity index (χ4v) is 19.2. The number of benzene rings is 4.